The van der Waals surface area contributed by atoms with Crippen LogP contribution in [0.2, 0.25) is 0 Å². The molecule has 0 N–H and O–H groups in total. The molecule has 0 aromatic heterocycles. The van der Waals surface area contributed by atoms with Crippen LogP contribution in [0.5, 0.6) is 0 Å². The van der Waals surface area contributed by atoms with Gasteiger partial charge in [-0.05, 0) is 24.2 Å². The highest BCUT2D eigenvalue weighted by Crippen LogP contribution is 2.42. The zero-order chi connectivity index (χ0) is 8.77. The second kappa shape index (κ2) is 2.59. The fourth-order valence-electron chi connectivity index (χ4n) is 2.33. The monoisotopic (exact) mass is 166 g/mol. The molecule has 2 bridgehead atoms. The first kappa shape index (κ1) is 8.31. The molecule has 0 spiro atoms. The zero-order valence-corrected chi connectivity index (χ0v) is 8.21. The standard InChI is InChI=1S/C11H18O/c1-11(2,3)9-7-8-5-4-6-10(9)12-8/h4,6,8-10H,5,7H2,1-3H3. The number of hydrogen-bond acceptors (Lipinski definition) is 1. The lowest BCUT2D eigenvalue weighted by molar-refractivity contribution is 0.0418. The molecule has 0 amide bonds. The summed E-state index contributed by atoms with van der Waals surface area (Å²) < 4.78 is 5.85. The van der Waals surface area contributed by atoms with Crippen LogP contribution in [0.3, 0.4) is 0 Å². The van der Waals surface area contributed by atoms with Crippen molar-refractivity contribution in [2.75, 3.05) is 0 Å². The van der Waals surface area contributed by atoms with Gasteiger partial charge >= 0.3 is 0 Å². The van der Waals surface area contributed by atoms with E-state index in [0.29, 0.717) is 17.6 Å². The summed E-state index contributed by atoms with van der Waals surface area (Å²) in [5, 5.41) is 0. The number of fused-ring (bicyclic) bond motifs is 2. The fraction of sp³-hybridized carbons (Fsp3) is 0.818. The van der Waals surface area contributed by atoms with Crippen LogP contribution in [0.15, 0.2) is 12.2 Å². The minimum Gasteiger partial charge on any atom is -0.370 e. The highest BCUT2D eigenvalue weighted by molar-refractivity contribution is 5.06. The molecule has 3 unspecified atom stereocenters. The third-order valence-electron chi connectivity index (χ3n) is 3.10. The second-order valence-electron chi connectivity index (χ2n) is 5.09. The van der Waals surface area contributed by atoms with Gasteiger partial charge in [0.05, 0.1) is 12.2 Å². The molecule has 1 heteroatoms. The molecule has 2 heterocycles. The van der Waals surface area contributed by atoms with Gasteiger partial charge in [-0.2, -0.15) is 0 Å². The lowest BCUT2D eigenvalue weighted by Gasteiger charge is -2.29. The number of rotatable bonds is 0. The van der Waals surface area contributed by atoms with Crippen LogP contribution in [0.4, 0.5) is 0 Å². The summed E-state index contributed by atoms with van der Waals surface area (Å²) >= 11 is 0. The van der Waals surface area contributed by atoms with Crippen molar-refractivity contribution in [1.82, 2.24) is 0 Å². The van der Waals surface area contributed by atoms with E-state index in [-0.39, 0.29) is 0 Å². The van der Waals surface area contributed by atoms with E-state index < -0.39 is 0 Å². The van der Waals surface area contributed by atoms with E-state index in [1.54, 1.807) is 0 Å². The average Bonchev–Trinajstić information content (AvgIpc) is 2.25. The van der Waals surface area contributed by atoms with Gasteiger partial charge in [0.2, 0.25) is 0 Å². The van der Waals surface area contributed by atoms with Crippen LogP contribution < -0.4 is 0 Å². The Morgan fingerprint density at radius 2 is 2.08 bits per heavy atom. The molecule has 1 nitrogen and oxygen atoms in total. The van der Waals surface area contributed by atoms with E-state index in [2.05, 4.69) is 32.9 Å². The smallest absolute Gasteiger partial charge is 0.0793 e. The van der Waals surface area contributed by atoms with Crippen molar-refractivity contribution in [3.05, 3.63) is 12.2 Å². The van der Waals surface area contributed by atoms with Crippen molar-refractivity contribution in [2.45, 2.75) is 45.8 Å². The van der Waals surface area contributed by atoms with E-state index in [1.807, 2.05) is 0 Å². The zero-order valence-electron chi connectivity index (χ0n) is 8.21. The van der Waals surface area contributed by atoms with Crippen molar-refractivity contribution in [3.63, 3.8) is 0 Å². The highest BCUT2D eigenvalue weighted by atomic mass is 16.5. The maximum atomic E-state index is 5.85. The van der Waals surface area contributed by atoms with Gasteiger partial charge in [-0.25, -0.2) is 0 Å². The minimum atomic E-state index is 0.397. The Bertz CT molecular complexity index is 200. The third-order valence-corrected chi connectivity index (χ3v) is 3.10. The summed E-state index contributed by atoms with van der Waals surface area (Å²) in [6.07, 6.45) is 7.83. The van der Waals surface area contributed by atoms with Gasteiger partial charge in [-0.1, -0.05) is 32.9 Å². The normalized spacial score (nSPS) is 40.4. The molecule has 68 valence electrons. The van der Waals surface area contributed by atoms with E-state index in [9.17, 15) is 0 Å². The van der Waals surface area contributed by atoms with Gasteiger partial charge in [0.25, 0.3) is 0 Å². The first-order valence-corrected chi connectivity index (χ1v) is 4.89. The fourth-order valence-corrected chi connectivity index (χ4v) is 2.33. The van der Waals surface area contributed by atoms with Crippen molar-refractivity contribution in [1.29, 1.82) is 0 Å². The van der Waals surface area contributed by atoms with E-state index in [1.165, 1.54) is 6.42 Å². The van der Waals surface area contributed by atoms with Crippen molar-refractivity contribution in [2.24, 2.45) is 11.3 Å². The van der Waals surface area contributed by atoms with Crippen LogP contribution in [0.1, 0.15) is 33.6 Å². The van der Waals surface area contributed by atoms with E-state index in [4.69, 9.17) is 4.74 Å². The molecule has 3 atom stereocenters. The summed E-state index contributed by atoms with van der Waals surface area (Å²) in [7, 11) is 0. The highest BCUT2D eigenvalue weighted by Gasteiger charge is 2.41. The van der Waals surface area contributed by atoms with Gasteiger partial charge < -0.3 is 4.74 Å². The van der Waals surface area contributed by atoms with Gasteiger partial charge in [-0.3, -0.25) is 0 Å². The first-order valence-electron chi connectivity index (χ1n) is 4.89. The summed E-state index contributed by atoms with van der Waals surface area (Å²) in [4.78, 5) is 0. The molecule has 0 saturated carbocycles. The SMILES string of the molecule is CC(C)(C)C1CC2CC=CC1O2. The number of hydrogen-bond donors (Lipinski definition) is 0. The Hall–Kier alpha value is -0.300. The van der Waals surface area contributed by atoms with Gasteiger partial charge in [0, 0.05) is 0 Å². The van der Waals surface area contributed by atoms with Crippen molar-refractivity contribution in [3.8, 4) is 0 Å². The molecule has 12 heavy (non-hydrogen) atoms. The molecular formula is C11H18O. The van der Waals surface area contributed by atoms with Gasteiger partial charge in [0.15, 0.2) is 0 Å². The molecule has 1 saturated heterocycles. The van der Waals surface area contributed by atoms with Crippen LogP contribution in [0, 0.1) is 11.3 Å². The molecule has 0 aliphatic carbocycles. The quantitative estimate of drug-likeness (QED) is 0.503. The Balaban J connectivity index is 2.16. The third kappa shape index (κ3) is 1.31. The van der Waals surface area contributed by atoms with E-state index >= 15 is 0 Å². The van der Waals surface area contributed by atoms with Crippen molar-refractivity contribution >= 4 is 0 Å². The lowest BCUT2D eigenvalue weighted by Crippen LogP contribution is -2.27. The summed E-state index contributed by atoms with van der Waals surface area (Å²) in [6, 6.07) is 0. The predicted octanol–water partition coefficient (Wildman–Crippen LogP) is 2.77. The molecule has 2 aliphatic rings. The Kier molecular flexibility index (Phi) is 1.80. The van der Waals surface area contributed by atoms with Crippen molar-refractivity contribution < 1.29 is 4.74 Å². The maximum absolute atomic E-state index is 5.85. The second-order valence-corrected chi connectivity index (χ2v) is 5.09. The van der Waals surface area contributed by atoms with E-state index in [0.717, 1.165) is 12.3 Å². The maximum Gasteiger partial charge on any atom is 0.0793 e. The van der Waals surface area contributed by atoms with Crippen LogP contribution in [-0.2, 0) is 4.74 Å². The Labute approximate surface area is 74.8 Å². The minimum absolute atomic E-state index is 0.397. The topological polar surface area (TPSA) is 9.23 Å². The molecule has 0 aromatic rings. The molecule has 2 aliphatic heterocycles. The predicted molar refractivity (Wildman–Crippen MR) is 50.0 cm³/mol. The molecule has 0 aromatic carbocycles. The first-order chi connectivity index (χ1) is 5.57. The molecule has 1 fully saturated rings. The summed E-state index contributed by atoms with van der Waals surface area (Å²) in [5.74, 6) is 0.723. The van der Waals surface area contributed by atoms with Crippen LogP contribution >= 0.6 is 0 Å². The lowest BCUT2D eigenvalue weighted by atomic mass is 9.76. The van der Waals surface area contributed by atoms with Gasteiger partial charge in [0.1, 0.15) is 0 Å². The molecular weight excluding hydrogens is 148 g/mol. The van der Waals surface area contributed by atoms with Crippen LogP contribution in [-0.4, -0.2) is 12.2 Å². The summed E-state index contributed by atoms with van der Waals surface area (Å²) in [6.45, 7) is 6.95. The Morgan fingerprint density at radius 3 is 2.67 bits per heavy atom. The Morgan fingerprint density at radius 1 is 1.33 bits per heavy atom. The van der Waals surface area contributed by atoms with Gasteiger partial charge in [-0.15, -0.1) is 0 Å². The average molecular weight is 166 g/mol. The number of ether oxygens (including phenoxy) is 1. The van der Waals surface area contributed by atoms with Crippen LogP contribution in [0.25, 0.3) is 0 Å². The summed E-state index contributed by atoms with van der Waals surface area (Å²) in [5.41, 5.74) is 0.397. The largest absolute Gasteiger partial charge is 0.370 e. The molecule has 0 radical (unpaired) electrons. The molecule has 2 rings (SSSR count).